The highest BCUT2D eigenvalue weighted by molar-refractivity contribution is 6.31. The summed E-state index contributed by atoms with van der Waals surface area (Å²) in [5, 5.41) is 0.193. The maximum absolute atomic E-state index is 13.1. The second kappa shape index (κ2) is 2.52. The molecule has 0 radical (unpaired) electrons. The van der Waals surface area contributed by atoms with E-state index in [1.807, 2.05) is 6.92 Å². The molecular formula is C8H6ClFN2. The van der Waals surface area contributed by atoms with E-state index in [4.69, 9.17) is 11.6 Å². The number of hydrogen-bond acceptors (Lipinski definition) is 2. The smallest absolute Gasteiger partial charge is 0.142 e. The second-order valence-corrected chi connectivity index (χ2v) is 3.09. The molecule has 0 saturated heterocycles. The normalized spacial score (nSPS) is 20.6. The number of aromatic nitrogens is 2. The average Bonchev–Trinajstić information content (AvgIpc) is 2.29. The van der Waals surface area contributed by atoms with E-state index in [1.54, 1.807) is 0 Å². The first-order valence-electron chi connectivity index (χ1n) is 3.58. The molecule has 0 amide bonds. The summed E-state index contributed by atoms with van der Waals surface area (Å²) in [4.78, 5) is 7.67. The molecular weight excluding hydrogens is 179 g/mol. The van der Waals surface area contributed by atoms with Crippen LogP contribution in [0.4, 0.5) is 4.39 Å². The lowest BCUT2D eigenvalue weighted by atomic mass is 10.1. The van der Waals surface area contributed by atoms with Gasteiger partial charge in [0.25, 0.3) is 0 Å². The van der Waals surface area contributed by atoms with Gasteiger partial charge in [-0.2, -0.15) is 0 Å². The summed E-state index contributed by atoms with van der Waals surface area (Å²) >= 11 is 5.70. The Labute approximate surface area is 74.1 Å². The van der Waals surface area contributed by atoms with Crippen LogP contribution in [-0.2, 0) is 0 Å². The Bertz CT molecular complexity index is 362. The summed E-state index contributed by atoms with van der Waals surface area (Å²) in [6.45, 7) is 1.87. The first-order valence-corrected chi connectivity index (χ1v) is 3.96. The highest BCUT2D eigenvalue weighted by Gasteiger charge is 2.24. The van der Waals surface area contributed by atoms with Gasteiger partial charge in [-0.1, -0.05) is 18.5 Å². The van der Waals surface area contributed by atoms with E-state index in [1.165, 1.54) is 12.4 Å². The van der Waals surface area contributed by atoms with Crippen molar-refractivity contribution in [2.24, 2.45) is 0 Å². The van der Waals surface area contributed by atoms with Gasteiger partial charge in [-0.05, 0) is 6.08 Å². The minimum absolute atomic E-state index is 0.000463. The van der Waals surface area contributed by atoms with Crippen molar-refractivity contribution < 1.29 is 4.39 Å². The zero-order chi connectivity index (χ0) is 8.72. The molecule has 0 aromatic carbocycles. The van der Waals surface area contributed by atoms with Crippen LogP contribution in [0, 0.1) is 0 Å². The number of halogens is 2. The Balaban J connectivity index is 2.68. The summed E-state index contributed by atoms with van der Waals surface area (Å²) in [6.07, 6.45) is 2.84. The van der Waals surface area contributed by atoms with Crippen molar-refractivity contribution in [3.8, 4) is 0 Å². The third kappa shape index (κ3) is 0.932. The number of rotatable bonds is 0. The molecule has 0 aliphatic heterocycles. The van der Waals surface area contributed by atoms with Crippen LogP contribution in [-0.4, -0.2) is 9.97 Å². The van der Waals surface area contributed by atoms with Crippen molar-refractivity contribution >= 4 is 17.4 Å². The van der Waals surface area contributed by atoms with Crippen molar-refractivity contribution in [2.45, 2.75) is 12.8 Å². The van der Waals surface area contributed by atoms with E-state index in [2.05, 4.69) is 9.97 Å². The van der Waals surface area contributed by atoms with Crippen LogP contribution in [0.3, 0.4) is 0 Å². The van der Waals surface area contributed by atoms with Crippen molar-refractivity contribution in [3.05, 3.63) is 28.8 Å². The Morgan fingerprint density at radius 2 is 2.25 bits per heavy atom. The van der Waals surface area contributed by atoms with Gasteiger partial charge >= 0.3 is 0 Å². The summed E-state index contributed by atoms with van der Waals surface area (Å²) in [5.41, 5.74) is 1.03. The van der Waals surface area contributed by atoms with E-state index in [9.17, 15) is 4.39 Å². The van der Waals surface area contributed by atoms with E-state index in [-0.39, 0.29) is 16.9 Å². The van der Waals surface area contributed by atoms with E-state index in [0.29, 0.717) is 11.3 Å². The second-order valence-electron chi connectivity index (χ2n) is 2.73. The molecule has 1 aliphatic rings. The molecule has 12 heavy (non-hydrogen) atoms. The zero-order valence-corrected chi connectivity index (χ0v) is 7.14. The molecule has 1 aromatic heterocycles. The van der Waals surface area contributed by atoms with Crippen LogP contribution in [0.5, 0.6) is 0 Å². The lowest BCUT2D eigenvalue weighted by Crippen LogP contribution is -1.94. The van der Waals surface area contributed by atoms with Gasteiger partial charge in [0.2, 0.25) is 0 Å². The van der Waals surface area contributed by atoms with Crippen LogP contribution >= 0.6 is 11.6 Å². The van der Waals surface area contributed by atoms with Crippen LogP contribution < -0.4 is 0 Å². The molecule has 2 nitrogen and oxygen atoms in total. The molecule has 2 rings (SSSR count). The van der Waals surface area contributed by atoms with Crippen LogP contribution in [0.15, 0.2) is 12.4 Å². The Morgan fingerprint density at radius 3 is 2.92 bits per heavy atom. The minimum Gasteiger partial charge on any atom is -0.240 e. The molecule has 0 saturated carbocycles. The predicted octanol–water partition coefficient (Wildman–Crippen LogP) is 2.56. The van der Waals surface area contributed by atoms with Gasteiger partial charge in [-0.25, -0.2) is 14.4 Å². The predicted molar refractivity (Wildman–Crippen MR) is 44.5 cm³/mol. The van der Waals surface area contributed by atoms with Gasteiger partial charge in [0, 0.05) is 5.92 Å². The largest absolute Gasteiger partial charge is 0.240 e. The van der Waals surface area contributed by atoms with Crippen LogP contribution in [0.2, 0.25) is 5.15 Å². The fraction of sp³-hybridized carbons (Fsp3) is 0.250. The van der Waals surface area contributed by atoms with Gasteiger partial charge in [0.1, 0.15) is 17.3 Å². The SMILES string of the molecule is CC1C=C(F)c2c(Cl)ncnc21. The Kier molecular flexibility index (Phi) is 1.61. The summed E-state index contributed by atoms with van der Waals surface area (Å²) in [5.74, 6) is -0.316. The third-order valence-corrected chi connectivity index (χ3v) is 2.18. The lowest BCUT2D eigenvalue weighted by Gasteiger charge is -2.02. The highest BCUT2D eigenvalue weighted by atomic mass is 35.5. The number of nitrogens with zero attached hydrogens (tertiary/aromatic N) is 2. The van der Waals surface area contributed by atoms with E-state index >= 15 is 0 Å². The van der Waals surface area contributed by atoms with Gasteiger partial charge in [-0.3, -0.25) is 0 Å². The maximum atomic E-state index is 13.1. The summed E-state index contributed by atoms with van der Waals surface area (Å²) < 4.78 is 13.1. The molecule has 62 valence electrons. The number of fused-ring (bicyclic) bond motifs is 1. The fourth-order valence-electron chi connectivity index (χ4n) is 1.32. The maximum Gasteiger partial charge on any atom is 0.142 e. The zero-order valence-electron chi connectivity index (χ0n) is 6.38. The average molecular weight is 185 g/mol. The summed E-state index contributed by atoms with van der Waals surface area (Å²) in [6, 6.07) is 0. The quantitative estimate of drug-likeness (QED) is 0.579. The monoisotopic (exact) mass is 184 g/mol. The first-order chi connectivity index (χ1) is 5.70. The Hall–Kier alpha value is -0.960. The topological polar surface area (TPSA) is 25.8 Å². The molecule has 1 aromatic rings. The van der Waals surface area contributed by atoms with Crippen molar-refractivity contribution in [1.82, 2.24) is 9.97 Å². The lowest BCUT2D eigenvalue weighted by molar-refractivity contribution is 0.760. The standard InChI is InChI=1S/C8H6ClFN2/c1-4-2-5(10)6-7(4)11-3-12-8(6)9/h2-4H,1H3. The molecule has 0 spiro atoms. The molecule has 0 bridgehead atoms. The molecule has 1 unspecified atom stereocenters. The Morgan fingerprint density at radius 1 is 1.50 bits per heavy atom. The molecule has 1 heterocycles. The van der Waals surface area contributed by atoms with E-state index < -0.39 is 0 Å². The molecule has 0 N–H and O–H groups in total. The van der Waals surface area contributed by atoms with Gasteiger partial charge in [-0.15, -0.1) is 0 Å². The number of allylic oxidation sites excluding steroid dienone is 1. The molecule has 4 heteroatoms. The fourth-order valence-corrected chi connectivity index (χ4v) is 1.56. The van der Waals surface area contributed by atoms with Crippen LogP contribution in [0.1, 0.15) is 24.1 Å². The minimum atomic E-state index is -0.317. The highest BCUT2D eigenvalue weighted by Crippen LogP contribution is 2.37. The van der Waals surface area contributed by atoms with Crippen molar-refractivity contribution in [3.63, 3.8) is 0 Å². The van der Waals surface area contributed by atoms with Gasteiger partial charge in [0.05, 0.1) is 11.3 Å². The van der Waals surface area contributed by atoms with Crippen LogP contribution in [0.25, 0.3) is 5.83 Å². The number of hydrogen-bond donors (Lipinski definition) is 0. The first kappa shape index (κ1) is 7.68. The molecule has 0 fully saturated rings. The third-order valence-electron chi connectivity index (χ3n) is 1.90. The van der Waals surface area contributed by atoms with Crippen molar-refractivity contribution in [2.75, 3.05) is 0 Å². The van der Waals surface area contributed by atoms with E-state index in [0.717, 1.165) is 0 Å². The van der Waals surface area contributed by atoms with Crippen molar-refractivity contribution in [1.29, 1.82) is 0 Å². The summed E-state index contributed by atoms with van der Waals surface area (Å²) in [7, 11) is 0. The van der Waals surface area contributed by atoms with Gasteiger partial charge in [0.15, 0.2) is 0 Å². The molecule has 1 aliphatic carbocycles. The van der Waals surface area contributed by atoms with Gasteiger partial charge < -0.3 is 0 Å². The molecule has 1 atom stereocenters.